The van der Waals surface area contributed by atoms with Gasteiger partial charge < -0.3 is 10.6 Å². The van der Waals surface area contributed by atoms with Crippen LogP contribution in [0, 0.1) is 5.82 Å². The topological polar surface area (TPSA) is 66.9 Å². The van der Waals surface area contributed by atoms with E-state index in [2.05, 4.69) is 20.8 Å². The molecule has 8 heteroatoms. The number of halogens is 1. The van der Waals surface area contributed by atoms with Gasteiger partial charge in [0.25, 0.3) is 0 Å². The third-order valence-electron chi connectivity index (χ3n) is 2.67. The van der Waals surface area contributed by atoms with Gasteiger partial charge in [0.1, 0.15) is 5.82 Å². The number of para-hydroxylation sites is 1. The highest BCUT2D eigenvalue weighted by Crippen LogP contribution is 2.31. The van der Waals surface area contributed by atoms with Crippen molar-refractivity contribution in [2.24, 2.45) is 0 Å². The number of amides is 1. The van der Waals surface area contributed by atoms with Gasteiger partial charge in [-0.2, -0.15) is 0 Å². The van der Waals surface area contributed by atoms with Crippen molar-refractivity contribution in [3.63, 3.8) is 0 Å². The second-order valence-electron chi connectivity index (χ2n) is 5.98. The van der Waals surface area contributed by atoms with E-state index in [1.165, 1.54) is 29.2 Å². The van der Waals surface area contributed by atoms with Gasteiger partial charge >= 0.3 is 0 Å². The smallest absolute Gasteiger partial charge is 0.233 e. The third kappa shape index (κ3) is 5.47. The maximum absolute atomic E-state index is 13.6. The molecule has 0 aliphatic carbocycles. The number of thioether (sulfide) groups is 1. The fraction of sp³-hybridized carbons (Fsp3) is 0.400. The Hall–Kier alpha value is -1.67. The number of anilines is 2. The summed E-state index contributed by atoms with van der Waals surface area (Å²) in [5, 5.41) is 14.0. The lowest BCUT2D eigenvalue weighted by atomic mass is 10.1. The molecule has 1 amide bonds. The summed E-state index contributed by atoms with van der Waals surface area (Å²) in [7, 11) is 0. The van der Waals surface area contributed by atoms with Gasteiger partial charge in [0.2, 0.25) is 11.0 Å². The van der Waals surface area contributed by atoms with Crippen molar-refractivity contribution in [3.8, 4) is 0 Å². The van der Waals surface area contributed by atoms with E-state index in [1.807, 2.05) is 27.7 Å². The van der Waals surface area contributed by atoms with E-state index in [1.54, 1.807) is 18.2 Å². The molecule has 0 bridgehead atoms. The molecule has 2 N–H and O–H groups in total. The lowest BCUT2D eigenvalue weighted by molar-refractivity contribution is -0.121. The Morgan fingerprint density at radius 1 is 1.30 bits per heavy atom. The Balaban J connectivity index is 1.97. The van der Waals surface area contributed by atoms with Gasteiger partial charge in [-0.15, -0.1) is 10.2 Å². The summed E-state index contributed by atoms with van der Waals surface area (Å²) in [5.41, 5.74) is 0.0728. The molecule has 23 heavy (non-hydrogen) atoms. The summed E-state index contributed by atoms with van der Waals surface area (Å²) < 4.78 is 14.2. The summed E-state index contributed by atoms with van der Waals surface area (Å²) in [4.78, 5) is 12.1. The van der Waals surface area contributed by atoms with Crippen LogP contribution in [0.5, 0.6) is 0 Å². The average molecular weight is 354 g/mol. The minimum Gasteiger partial charge on any atom is -0.351 e. The number of nitrogens with one attached hydrogen (secondary N) is 2. The molecule has 1 atom stereocenters. The van der Waals surface area contributed by atoms with E-state index >= 15 is 0 Å². The summed E-state index contributed by atoms with van der Waals surface area (Å²) in [5.74, 6) is -0.406. The molecule has 0 aliphatic rings. The zero-order chi connectivity index (χ0) is 17.0. The predicted octanol–water partition coefficient (Wildman–Crippen LogP) is 3.82. The second kappa shape index (κ2) is 7.27. The molecular formula is C15H19FN4OS2. The van der Waals surface area contributed by atoms with Crippen LogP contribution in [0.15, 0.2) is 28.6 Å². The first-order chi connectivity index (χ1) is 10.7. The minimum atomic E-state index is -0.352. The molecule has 0 fully saturated rings. The van der Waals surface area contributed by atoms with Crippen LogP contribution in [-0.4, -0.2) is 26.9 Å². The van der Waals surface area contributed by atoms with Crippen molar-refractivity contribution in [2.75, 3.05) is 5.32 Å². The van der Waals surface area contributed by atoms with Crippen LogP contribution in [0.2, 0.25) is 0 Å². The highest BCUT2D eigenvalue weighted by Gasteiger charge is 2.21. The Morgan fingerprint density at radius 3 is 2.65 bits per heavy atom. The summed E-state index contributed by atoms with van der Waals surface area (Å²) >= 11 is 2.61. The fourth-order valence-corrected chi connectivity index (χ4v) is 3.57. The number of nitrogens with zero attached hydrogens (tertiary/aromatic N) is 2. The van der Waals surface area contributed by atoms with Crippen molar-refractivity contribution in [1.29, 1.82) is 0 Å². The first-order valence-electron chi connectivity index (χ1n) is 7.08. The Bertz CT molecular complexity index is 684. The van der Waals surface area contributed by atoms with Gasteiger partial charge in [-0.3, -0.25) is 4.79 Å². The molecule has 1 aromatic heterocycles. The number of carbonyl (C=O) groups is 1. The summed E-state index contributed by atoms with van der Waals surface area (Å²) in [6, 6.07) is 6.36. The van der Waals surface area contributed by atoms with Crippen LogP contribution in [0.3, 0.4) is 0 Å². The van der Waals surface area contributed by atoms with Crippen LogP contribution in [0.4, 0.5) is 15.2 Å². The molecule has 2 rings (SSSR count). The monoisotopic (exact) mass is 354 g/mol. The Kier molecular flexibility index (Phi) is 5.59. The predicted molar refractivity (Wildman–Crippen MR) is 92.8 cm³/mol. The zero-order valence-corrected chi connectivity index (χ0v) is 15.0. The van der Waals surface area contributed by atoms with Gasteiger partial charge in [0, 0.05) is 5.54 Å². The lowest BCUT2D eigenvalue weighted by Gasteiger charge is -2.22. The van der Waals surface area contributed by atoms with E-state index in [4.69, 9.17) is 0 Å². The number of rotatable bonds is 5. The molecule has 0 saturated carbocycles. The Labute approximate surface area is 143 Å². The number of aromatic nitrogens is 2. The van der Waals surface area contributed by atoms with E-state index in [0.29, 0.717) is 15.2 Å². The quantitative estimate of drug-likeness (QED) is 0.799. The minimum absolute atomic E-state index is 0.0543. The molecule has 2 aromatic rings. The molecule has 1 heterocycles. The SMILES string of the molecule is C[C@@H](Sc1nnc(Nc2ccccc2F)s1)C(=O)NC(C)(C)C. The number of benzene rings is 1. The molecule has 0 saturated heterocycles. The summed E-state index contributed by atoms with van der Waals surface area (Å²) in [6.07, 6.45) is 0. The average Bonchev–Trinajstić information content (AvgIpc) is 2.87. The van der Waals surface area contributed by atoms with Gasteiger partial charge in [-0.25, -0.2) is 4.39 Å². The zero-order valence-electron chi connectivity index (χ0n) is 13.4. The largest absolute Gasteiger partial charge is 0.351 e. The van der Waals surface area contributed by atoms with Gasteiger partial charge in [0.05, 0.1) is 10.9 Å². The van der Waals surface area contributed by atoms with Crippen molar-refractivity contribution in [2.45, 2.75) is 42.8 Å². The van der Waals surface area contributed by atoms with E-state index < -0.39 is 0 Å². The van der Waals surface area contributed by atoms with Crippen LogP contribution >= 0.6 is 23.1 Å². The molecule has 1 aromatic carbocycles. The molecule has 0 unspecified atom stereocenters. The van der Waals surface area contributed by atoms with Crippen LogP contribution in [0.1, 0.15) is 27.7 Å². The first kappa shape index (κ1) is 17.7. The normalized spacial score (nSPS) is 12.7. The molecule has 124 valence electrons. The van der Waals surface area contributed by atoms with Gasteiger partial charge in [-0.05, 0) is 39.8 Å². The van der Waals surface area contributed by atoms with Gasteiger partial charge in [0.15, 0.2) is 4.34 Å². The highest BCUT2D eigenvalue weighted by molar-refractivity contribution is 8.02. The van der Waals surface area contributed by atoms with Crippen molar-refractivity contribution in [1.82, 2.24) is 15.5 Å². The van der Waals surface area contributed by atoms with Crippen molar-refractivity contribution >= 4 is 39.8 Å². The van der Waals surface area contributed by atoms with Crippen LogP contribution < -0.4 is 10.6 Å². The summed E-state index contributed by atoms with van der Waals surface area (Å²) in [6.45, 7) is 7.62. The van der Waals surface area contributed by atoms with Crippen molar-refractivity contribution < 1.29 is 9.18 Å². The van der Waals surface area contributed by atoms with Crippen molar-refractivity contribution in [3.05, 3.63) is 30.1 Å². The number of hydrogen-bond donors (Lipinski definition) is 2. The first-order valence-corrected chi connectivity index (χ1v) is 8.78. The highest BCUT2D eigenvalue weighted by atomic mass is 32.2. The third-order valence-corrected chi connectivity index (χ3v) is 4.69. The molecule has 0 radical (unpaired) electrons. The number of carbonyl (C=O) groups excluding carboxylic acids is 1. The molecule has 5 nitrogen and oxygen atoms in total. The van der Waals surface area contributed by atoms with E-state index in [-0.39, 0.29) is 22.5 Å². The van der Waals surface area contributed by atoms with Crippen LogP contribution in [0.25, 0.3) is 0 Å². The second-order valence-corrected chi connectivity index (χ2v) is 8.54. The maximum Gasteiger partial charge on any atom is 0.233 e. The van der Waals surface area contributed by atoms with E-state index in [9.17, 15) is 9.18 Å². The number of hydrogen-bond acceptors (Lipinski definition) is 6. The molecule has 0 spiro atoms. The van der Waals surface area contributed by atoms with Crippen LogP contribution in [-0.2, 0) is 4.79 Å². The standard InChI is InChI=1S/C15H19FN4OS2/c1-9(12(21)18-15(2,3)4)22-14-20-19-13(23-14)17-11-8-6-5-7-10(11)16/h5-9H,1-4H3,(H,17,19)(H,18,21)/t9-/m1/s1. The lowest BCUT2D eigenvalue weighted by Crippen LogP contribution is -2.44. The molecular weight excluding hydrogens is 335 g/mol. The van der Waals surface area contributed by atoms with Gasteiger partial charge in [-0.1, -0.05) is 35.2 Å². The Morgan fingerprint density at radius 2 is 2.00 bits per heavy atom. The fourth-order valence-electron chi connectivity index (χ4n) is 1.66. The molecule has 0 aliphatic heterocycles. The van der Waals surface area contributed by atoms with E-state index in [0.717, 1.165) is 0 Å². The maximum atomic E-state index is 13.6.